The minimum atomic E-state index is 0.0592. The molecule has 0 unspecified atom stereocenters. The summed E-state index contributed by atoms with van der Waals surface area (Å²) in [4.78, 5) is 4.70. The van der Waals surface area contributed by atoms with Crippen molar-refractivity contribution < 1.29 is 14.9 Å². The fourth-order valence-corrected chi connectivity index (χ4v) is 3.74. The molecule has 0 saturated heterocycles. The van der Waals surface area contributed by atoms with Gasteiger partial charge in [0.05, 0.1) is 12.8 Å². The van der Waals surface area contributed by atoms with Crippen LogP contribution in [0.1, 0.15) is 50.7 Å². The molecule has 0 saturated carbocycles. The molecule has 2 aromatic carbocycles. The Labute approximate surface area is 181 Å². The summed E-state index contributed by atoms with van der Waals surface area (Å²) in [5.74, 6) is 1.66. The number of methoxy groups -OCH3 is 1. The second kappa shape index (κ2) is 7.91. The van der Waals surface area contributed by atoms with Crippen molar-refractivity contribution >= 4 is 5.78 Å². The highest BCUT2D eigenvalue weighted by molar-refractivity contribution is 5.85. The molecule has 0 aliphatic carbocycles. The van der Waals surface area contributed by atoms with Crippen molar-refractivity contribution in [2.75, 3.05) is 7.11 Å². The number of aromatic nitrogens is 4. The predicted molar refractivity (Wildman–Crippen MR) is 120 cm³/mol. The van der Waals surface area contributed by atoms with Gasteiger partial charge in [-0.3, -0.25) is 4.40 Å². The fourth-order valence-electron chi connectivity index (χ4n) is 3.74. The predicted octanol–water partition coefficient (Wildman–Crippen LogP) is 5.12. The van der Waals surface area contributed by atoms with Gasteiger partial charge in [0, 0.05) is 23.4 Å². The summed E-state index contributed by atoms with van der Waals surface area (Å²) in [5.41, 5.74) is 4.59. The number of hydrogen-bond donors (Lipinski definition) is 2. The van der Waals surface area contributed by atoms with E-state index in [1.54, 1.807) is 36.0 Å². The molecule has 160 valence electrons. The molecular formula is C24H26N4O3. The van der Waals surface area contributed by atoms with Crippen LogP contribution in [-0.4, -0.2) is 36.9 Å². The average Bonchev–Trinajstić information content (AvgIpc) is 3.20. The summed E-state index contributed by atoms with van der Waals surface area (Å²) in [6.45, 7) is 8.22. The normalized spacial score (nSPS) is 11.6. The van der Waals surface area contributed by atoms with E-state index in [2.05, 4.69) is 37.9 Å². The number of rotatable bonds is 5. The van der Waals surface area contributed by atoms with Crippen LogP contribution >= 0.6 is 0 Å². The zero-order chi connectivity index (χ0) is 22.3. The number of aromatic hydroxyl groups is 2. The molecule has 0 amide bonds. The number of ether oxygens (including phenoxy) is 1. The van der Waals surface area contributed by atoms with Gasteiger partial charge in [0.2, 0.25) is 0 Å². The Balaban J connectivity index is 2.03. The van der Waals surface area contributed by atoms with Crippen molar-refractivity contribution in [2.45, 2.75) is 39.5 Å². The summed E-state index contributed by atoms with van der Waals surface area (Å²) < 4.78 is 6.97. The molecule has 0 aliphatic rings. The highest BCUT2D eigenvalue weighted by atomic mass is 16.5. The Morgan fingerprint density at radius 3 is 2.19 bits per heavy atom. The van der Waals surface area contributed by atoms with Crippen molar-refractivity contribution in [2.24, 2.45) is 0 Å². The number of phenolic OH excluding ortho intramolecular Hbond substituents is 2. The van der Waals surface area contributed by atoms with Crippen LogP contribution in [0.25, 0.3) is 28.2 Å². The van der Waals surface area contributed by atoms with Gasteiger partial charge >= 0.3 is 0 Å². The minimum Gasteiger partial charge on any atom is -0.507 e. The number of nitrogens with zero attached hydrogens (tertiary/aromatic N) is 4. The van der Waals surface area contributed by atoms with E-state index < -0.39 is 0 Å². The van der Waals surface area contributed by atoms with Gasteiger partial charge in [-0.25, -0.2) is 4.98 Å². The van der Waals surface area contributed by atoms with Gasteiger partial charge in [-0.1, -0.05) is 27.7 Å². The van der Waals surface area contributed by atoms with Crippen molar-refractivity contribution in [1.29, 1.82) is 0 Å². The van der Waals surface area contributed by atoms with Gasteiger partial charge in [0.15, 0.2) is 0 Å². The van der Waals surface area contributed by atoms with Crippen LogP contribution in [0.2, 0.25) is 0 Å². The van der Waals surface area contributed by atoms with Gasteiger partial charge in [0.25, 0.3) is 5.78 Å². The van der Waals surface area contributed by atoms with Crippen molar-refractivity contribution in [1.82, 2.24) is 19.6 Å². The third-order valence-corrected chi connectivity index (χ3v) is 5.47. The number of fused-ring (bicyclic) bond motifs is 1. The first-order valence-corrected chi connectivity index (χ1v) is 10.2. The molecule has 31 heavy (non-hydrogen) atoms. The van der Waals surface area contributed by atoms with Gasteiger partial charge < -0.3 is 14.9 Å². The van der Waals surface area contributed by atoms with Crippen LogP contribution in [0.15, 0.2) is 42.9 Å². The highest BCUT2D eigenvalue weighted by Crippen LogP contribution is 2.42. The first kappa shape index (κ1) is 20.7. The van der Waals surface area contributed by atoms with Crippen LogP contribution < -0.4 is 4.74 Å². The summed E-state index contributed by atoms with van der Waals surface area (Å²) in [6, 6.07) is 9.10. The molecule has 0 bridgehead atoms. The zero-order valence-electron chi connectivity index (χ0n) is 18.3. The average molecular weight is 418 g/mol. The summed E-state index contributed by atoms with van der Waals surface area (Å²) in [5, 5.41) is 29.5. The maximum absolute atomic E-state index is 10.8. The smallest absolute Gasteiger partial charge is 0.255 e. The third kappa shape index (κ3) is 3.67. The summed E-state index contributed by atoms with van der Waals surface area (Å²) >= 11 is 0. The largest absolute Gasteiger partial charge is 0.507 e. The van der Waals surface area contributed by atoms with Crippen molar-refractivity contribution in [3.8, 4) is 39.6 Å². The van der Waals surface area contributed by atoms with E-state index in [1.165, 1.54) is 0 Å². The molecule has 0 aliphatic heterocycles. The number of benzene rings is 2. The molecular weight excluding hydrogens is 392 g/mol. The van der Waals surface area contributed by atoms with Crippen LogP contribution in [0, 0.1) is 0 Å². The summed E-state index contributed by atoms with van der Waals surface area (Å²) in [7, 11) is 1.55. The maximum Gasteiger partial charge on any atom is 0.255 e. The third-order valence-electron chi connectivity index (χ3n) is 5.47. The Hall–Kier alpha value is -3.61. The lowest BCUT2D eigenvalue weighted by Gasteiger charge is -2.19. The van der Waals surface area contributed by atoms with Crippen molar-refractivity contribution in [3.63, 3.8) is 0 Å². The molecule has 4 rings (SSSR count). The molecule has 7 heteroatoms. The van der Waals surface area contributed by atoms with Gasteiger partial charge in [-0.15, -0.1) is 10.2 Å². The lowest BCUT2D eigenvalue weighted by Crippen LogP contribution is -2.00. The van der Waals surface area contributed by atoms with Crippen LogP contribution in [0.3, 0.4) is 0 Å². The van der Waals surface area contributed by atoms with Crippen molar-refractivity contribution in [3.05, 3.63) is 54.0 Å². The Kier molecular flexibility index (Phi) is 5.27. The molecule has 0 radical (unpaired) electrons. The first-order chi connectivity index (χ1) is 14.8. The van der Waals surface area contributed by atoms with Gasteiger partial charge in [-0.05, 0) is 52.8 Å². The number of phenols is 2. The molecule has 4 aromatic rings. The maximum atomic E-state index is 10.8. The van der Waals surface area contributed by atoms with E-state index in [0.29, 0.717) is 28.5 Å². The lowest BCUT2D eigenvalue weighted by atomic mass is 9.88. The Morgan fingerprint density at radius 1 is 0.935 bits per heavy atom. The fraction of sp³-hybridized carbons (Fsp3) is 0.292. The van der Waals surface area contributed by atoms with E-state index in [1.807, 2.05) is 18.3 Å². The van der Waals surface area contributed by atoms with Crippen LogP contribution in [0.4, 0.5) is 0 Å². The number of hydrogen-bond acceptors (Lipinski definition) is 6. The van der Waals surface area contributed by atoms with E-state index in [4.69, 9.17) is 9.72 Å². The SMILES string of the molecule is COc1ccc(-c2nc3nncn3cc2-c2cc(C(C)C)c(O)c(C(C)C)c2)c(O)c1. The monoisotopic (exact) mass is 418 g/mol. The first-order valence-electron chi connectivity index (χ1n) is 10.2. The van der Waals surface area contributed by atoms with Crippen LogP contribution in [-0.2, 0) is 0 Å². The van der Waals surface area contributed by atoms with E-state index in [-0.39, 0.29) is 17.6 Å². The molecule has 2 aromatic heterocycles. The van der Waals surface area contributed by atoms with E-state index in [9.17, 15) is 10.2 Å². The zero-order valence-corrected chi connectivity index (χ0v) is 18.3. The molecule has 2 heterocycles. The molecule has 0 spiro atoms. The second-order valence-electron chi connectivity index (χ2n) is 8.24. The molecule has 7 nitrogen and oxygen atoms in total. The van der Waals surface area contributed by atoms with Crippen LogP contribution in [0.5, 0.6) is 17.2 Å². The lowest BCUT2D eigenvalue weighted by molar-refractivity contribution is 0.408. The Morgan fingerprint density at radius 2 is 1.61 bits per heavy atom. The van der Waals surface area contributed by atoms with E-state index >= 15 is 0 Å². The highest BCUT2D eigenvalue weighted by Gasteiger charge is 2.20. The summed E-state index contributed by atoms with van der Waals surface area (Å²) in [6.07, 6.45) is 3.50. The van der Waals surface area contributed by atoms with Gasteiger partial charge in [0.1, 0.15) is 23.6 Å². The standard InChI is InChI=1S/C24H26N4O3/c1-13(2)18-8-15(9-19(14(3)4)23(18)30)20-11-28-12-25-27-24(28)26-22(20)17-7-6-16(31-5)10-21(17)29/h6-14,29-30H,1-5H3. The quantitative estimate of drug-likeness (QED) is 0.467. The molecule has 2 N–H and O–H groups in total. The second-order valence-corrected chi connectivity index (χ2v) is 8.24. The molecule has 0 fully saturated rings. The van der Waals surface area contributed by atoms with E-state index in [0.717, 1.165) is 22.3 Å². The Bertz CT molecular complexity index is 1230. The topological polar surface area (TPSA) is 92.8 Å². The van der Waals surface area contributed by atoms with Gasteiger partial charge in [-0.2, -0.15) is 0 Å². The minimum absolute atomic E-state index is 0.0592. The molecule has 0 atom stereocenters.